The van der Waals surface area contributed by atoms with Gasteiger partial charge in [0.2, 0.25) is 0 Å². The zero-order valence-electron chi connectivity index (χ0n) is 5.56. The third-order valence-corrected chi connectivity index (χ3v) is 1.06. The number of halogens is 2. The summed E-state index contributed by atoms with van der Waals surface area (Å²) in [6.45, 7) is 4.94. The van der Waals surface area contributed by atoms with Crippen LogP contribution in [0.25, 0.3) is 0 Å². The Kier molecular flexibility index (Phi) is 4.49. The molecule has 3 heteroatoms. The quantitative estimate of drug-likeness (QED) is 0.486. The molecule has 0 aromatic heterocycles. The van der Waals surface area contributed by atoms with Gasteiger partial charge in [0.1, 0.15) is 5.83 Å². The van der Waals surface area contributed by atoms with Crippen molar-refractivity contribution in [3.63, 3.8) is 0 Å². The van der Waals surface area contributed by atoms with E-state index in [-0.39, 0.29) is 5.03 Å². The van der Waals surface area contributed by atoms with E-state index in [9.17, 15) is 4.39 Å². The van der Waals surface area contributed by atoms with E-state index in [0.29, 0.717) is 4.91 Å². The lowest BCUT2D eigenvalue weighted by atomic mass is 10.4. The van der Waals surface area contributed by atoms with E-state index in [2.05, 4.69) is 19.2 Å². The van der Waals surface area contributed by atoms with Gasteiger partial charge in [0, 0.05) is 0 Å². The van der Waals surface area contributed by atoms with Crippen molar-refractivity contribution in [2.45, 2.75) is 6.92 Å². The van der Waals surface area contributed by atoms with Crippen molar-refractivity contribution in [3.8, 4) is 0 Å². The highest BCUT2D eigenvalue weighted by atomic mass is 35.5. The number of allylic oxidation sites excluding steroid dienone is 5. The second kappa shape index (κ2) is 4.58. The van der Waals surface area contributed by atoms with Crippen molar-refractivity contribution >= 4 is 24.2 Å². The molecule has 0 unspecified atom stereocenters. The number of thiol groups is 1. The molecule has 0 saturated carbocycles. The summed E-state index contributed by atoms with van der Waals surface area (Å²) in [6, 6.07) is 0. The van der Waals surface area contributed by atoms with Crippen LogP contribution >= 0.6 is 24.2 Å². The second-order valence-corrected chi connectivity index (χ2v) is 2.89. The van der Waals surface area contributed by atoms with Crippen LogP contribution in [0.15, 0.2) is 34.5 Å². The van der Waals surface area contributed by atoms with Crippen LogP contribution in [0.5, 0.6) is 0 Å². The number of rotatable bonds is 2. The Morgan fingerprint density at radius 1 is 1.60 bits per heavy atom. The topological polar surface area (TPSA) is 0 Å². The van der Waals surface area contributed by atoms with Crippen molar-refractivity contribution in [1.29, 1.82) is 0 Å². The van der Waals surface area contributed by atoms with Crippen LogP contribution in [-0.2, 0) is 0 Å². The lowest BCUT2D eigenvalue weighted by Crippen LogP contribution is -1.68. The molecule has 0 saturated heterocycles. The van der Waals surface area contributed by atoms with Crippen LogP contribution in [0, 0.1) is 0 Å². The number of hydrogen-bond donors (Lipinski definition) is 1. The molecule has 0 atom stereocenters. The molecule has 0 heterocycles. The summed E-state index contributed by atoms with van der Waals surface area (Å²) < 4.78 is 12.4. The molecule has 0 aliphatic rings. The van der Waals surface area contributed by atoms with Crippen LogP contribution in [0.2, 0.25) is 0 Å². The third-order valence-electron chi connectivity index (χ3n) is 0.730. The van der Waals surface area contributed by atoms with E-state index in [0.717, 1.165) is 0 Å². The van der Waals surface area contributed by atoms with Gasteiger partial charge in [-0.15, -0.1) is 12.6 Å². The van der Waals surface area contributed by atoms with Crippen molar-refractivity contribution in [1.82, 2.24) is 0 Å². The average Bonchev–Trinajstić information content (AvgIpc) is 1.82. The fraction of sp³-hybridized carbons (Fsp3) is 0.143. The summed E-state index contributed by atoms with van der Waals surface area (Å²) in [4.78, 5) is 0.716. The van der Waals surface area contributed by atoms with Crippen molar-refractivity contribution in [3.05, 3.63) is 34.5 Å². The molecule has 0 aliphatic heterocycles. The zero-order chi connectivity index (χ0) is 8.15. The minimum atomic E-state index is -0.532. The predicted molar refractivity (Wildman–Crippen MR) is 46.9 cm³/mol. The smallest absolute Gasteiger partial charge is 0.141 e. The standard InChI is InChI=1S/C7H8ClFS/c1-5(10)3-4-7(9)6(2)8/h3-4,10H,2H2,1H3/b5-3+,7-4+. The maximum Gasteiger partial charge on any atom is 0.141 e. The van der Waals surface area contributed by atoms with Gasteiger partial charge in [0.25, 0.3) is 0 Å². The lowest BCUT2D eigenvalue weighted by Gasteiger charge is -1.87. The van der Waals surface area contributed by atoms with Gasteiger partial charge < -0.3 is 0 Å². The first-order valence-corrected chi connectivity index (χ1v) is 3.44. The van der Waals surface area contributed by atoms with E-state index in [1.165, 1.54) is 12.2 Å². The van der Waals surface area contributed by atoms with Crippen molar-refractivity contribution < 1.29 is 4.39 Å². The number of hydrogen-bond acceptors (Lipinski definition) is 1. The van der Waals surface area contributed by atoms with E-state index < -0.39 is 5.83 Å². The molecule has 0 spiro atoms. The first kappa shape index (κ1) is 9.79. The molecule has 0 rings (SSSR count). The Morgan fingerprint density at radius 3 is 2.40 bits per heavy atom. The van der Waals surface area contributed by atoms with Gasteiger partial charge in [0.15, 0.2) is 0 Å². The predicted octanol–water partition coefficient (Wildman–Crippen LogP) is 3.43. The van der Waals surface area contributed by atoms with Crippen molar-refractivity contribution in [2.24, 2.45) is 0 Å². The first-order chi connectivity index (χ1) is 4.54. The summed E-state index contributed by atoms with van der Waals surface area (Å²) in [7, 11) is 0. The molecular formula is C7H8ClFS. The molecular weight excluding hydrogens is 171 g/mol. The molecule has 0 aromatic rings. The second-order valence-electron chi connectivity index (χ2n) is 1.73. The molecule has 0 radical (unpaired) electrons. The Morgan fingerprint density at radius 2 is 2.10 bits per heavy atom. The molecule has 0 amide bonds. The van der Waals surface area contributed by atoms with Crippen LogP contribution in [0.3, 0.4) is 0 Å². The van der Waals surface area contributed by atoms with Crippen LogP contribution < -0.4 is 0 Å². The fourth-order valence-electron chi connectivity index (χ4n) is 0.284. The van der Waals surface area contributed by atoms with E-state index in [4.69, 9.17) is 11.6 Å². The molecule has 56 valence electrons. The fourth-order valence-corrected chi connectivity index (χ4v) is 0.422. The molecule has 0 bridgehead atoms. The summed E-state index contributed by atoms with van der Waals surface area (Å²) in [5, 5.41) is -0.0918. The highest BCUT2D eigenvalue weighted by Crippen LogP contribution is 2.13. The van der Waals surface area contributed by atoms with Crippen LogP contribution in [0.1, 0.15) is 6.92 Å². The minimum Gasteiger partial charge on any atom is -0.205 e. The van der Waals surface area contributed by atoms with E-state index in [1.807, 2.05) is 0 Å². The lowest BCUT2D eigenvalue weighted by molar-refractivity contribution is 0.663. The van der Waals surface area contributed by atoms with Gasteiger partial charge in [0.05, 0.1) is 5.03 Å². The van der Waals surface area contributed by atoms with E-state index in [1.54, 1.807) is 6.92 Å². The average molecular weight is 179 g/mol. The minimum absolute atomic E-state index is 0.0918. The zero-order valence-corrected chi connectivity index (χ0v) is 7.22. The van der Waals surface area contributed by atoms with Gasteiger partial charge in [-0.1, -0.05) is 24.3 Å². The highest BCUT2D eigenvalue weighted by Gasteiger charge is 1.92. The molecule has 10 heavy (non-hydrogen) atoms. The largest absolute Gasteiger partial charge is 0.205 e. The summed E-state index contributed by atoms with van der Waals surface area (Å²) in [5.74, 6) is -0.532. The molecule has 0 N–H and O–H groups in total. The van der Waals surface area contributed by atoms with Crippen molar-refractivity contribution in [2.75, 3.05) is 0 Å². The monoisotopic (exact) mass is 178 g/mol. The summed E-state index contributed by atoms with van der Waals surface area (Å²) in [6.07, 6.45) is 2.73. The van der Waals surface area contributed by atoms with E-state index >= 15 is 0 Å². The summed E-state index contributed by atoms with van der Waals surface area (Å²) in [5.41, 5.74) is 0. The molecule has 0 aliphatic carbocycles. The Balaban J connectivity index is 4.19. The normalized spacial score (nSPS) is 13.6. The van der Waals surface area contributed by atoms with Crippen LogP contribution in [0.4, 0.5) is 4.39 Å². The molecule has 0 nitrogen and oxygen atoms in total. The SMILES string of the molecule is C=C(Cl)/C(F)=C\C=C(/C)S. The van der Waals surface area contributed by atoms with Gasteiger partial charge in [-0.25, -0.2) is 4.39 Å². The maximum atomic E-state index is 12.4. The van der Waals surface area contributed by atoms with Gasteiger partial charge in [-0.3, -0.25) is 0 Å². The third kappa shape index (κ3) is 4.65. The Labute approximate surface area is 70.5 Å². The summed E-state index contributed by atoms with van der Waals surface area (Å²) >= 11 is 9.14. The first-order valence-electron chi connectivity index (χ1n) is 2.62. The Bertz CT molecular complexity index is 190. The van der Waals surface area contributed by atoms with Crippen LogP contribution in [-0.4, -0.2) is 0 Å². The Hall–Kier alpha value is -0.210. The maximum absolute atomic E-state index is 12.4. The molecule has 0 aromatic carbocycles. The highest BCUT2D eigenvalue weighted by molar-refractivity contribution is 7.84. The van der Waals surface area contributed by atoms with Gasteiger partial charge in [-0.05, 0) is 17.9 Å². The molecule has 0 fully saturated rings. The van der Waals surface area contributed by atoms with Gasteiger partial charge >= 0.3 is 0 Å². The van der Waals surface area contributed by atoms with Gasteiger partial charge in [-0.2, -0.15) is 0 Å².